The van der Waals surface area contributed by atoms with Crippen molar-refractivity contribution in [3.05, 3.63) is 45.9 Å². The Balaban J connectivity index is 1.47. The monoisotopic (exact) mass is 494 g/mol. The molecule has 1 atom stereocenters. The number of aromatic amines is 2. The zero-order valence-corrected chi connectivity index (χ0v) is 20.6. The first-order valence-electron chi connectivity index (χ1n) is 12.2. The minimum absolute atomic E-state index is 0.0243. The van der Waals surface area contributed by atoms with Gasteiger partial charge in [-0.3, -0.25) is 9.59 Å². The zero-order valence-electron chi connectivity index (χ0n) is 20.6. The summed E-state index contributed by atoms with van der Waals surface area (Å²) in [5, 5.41) is 10.4. The topological polar surface area (TPSA) is 136 Å². The normalized spacial score (nSPS) is 18.1. The molecule has 5 rings (SSSR count). The van der Waals surface area contributed by atoms with Crippen molar-refractivity contribution in [2.75, 3.05) is 13.1 Å². The van der Waals surface area contributed by atoms with E-state index in [-0.39, 0.29) is 40.6 Å². The summed E-state index contributed by atoms with van der Waals surface area (Å²) in [6.07, 6.45) is 4.37. The summed E-state index contributed by atoms with van der Waals surface area (Å²) in [6, 6.07) is 4.90. The maximum absolute atomic E-state index is 13.7. The molecule has 0 bridgehead atoms. The smallest absolute Gasteiger partial charge is 0.410 e. The van der Waals surface area contributed by atoms with Crippen LogP contribution in [0.2, 0.25) is 0 Å². The molecule has 2 fully saturated rings. The average Bonchev–Trinajstić information content (AvgIpc) is 3.35. The number of benzene rings is 1. The number of H-pyrrole nitrogens is 2. The molecule has 1 saturated heterocycles. The van der Waals surface area contributed by atoms with Gasteiger partial charge in [-0.15, -0.1) is 0 Å². The molecule has 36 heavy (non-hydrogen) atoms. The van der Waals surface area contributed by atoms with Crippen LogP contribution in [0, 0.1) is 0 Å². The number of rotatable bonds is 5. The van der Waals surface area contributed by atoms with Crippen molar-refractivity contribution < 1.29 is 24.2 Å². The highest BCUT2D eigenvalue weighted by Crippen LogP contribution is 2.32. The zero-order chi connectivity index (χ0) is 25.8. The molecular formula is C26H30N4O6. The number of carboxylic acid groups (broad SMARTS) is 1. The van der Waals surface area contributed by atoms with Crippen molar-refractivity contribution in [3.63, 3.8) is 0 Å². The Kier molecular flexibility index (Phi) is 5.77. The van der Waals surface area contributed by atoms with Crippen LogP contribution in [0.5, 0.6) is 0 Å². The number of hydrogen-bond acceptors (Lipinski definition) is 5. The van der Waals surface area contributed by atoms with Gasteiger partial charge in [0.2, 0.25) is 0 Å². The van der Waals surface area contributed by atoms with Crippen molar-refractivity contribution in [2.45, 2.75) is 64.1 Å². The van der Waals surface area contributed by atoms with Crippen molar-refractivity contribution in [2.24, 2.45) is 0 Å². The van der Waals surface area contributed by atoms with E-state index in [1.807, 2.05) is 25.7 Å². The largest absolute Gasteiger partial charge is 0.478 e. The summed E-state index contributed by atoms with van der Waals surface area (Å²) in [7, 11) is 0. The number of ether oxygens (including phenoxy) is 1. The van der Waals surface area contributed by atoms with Gasteiger partial charge in [0.05, 0.1) is 11.6 Å². The number of aromatic nitrogens is 2. The summed E-state index contributed by atoms with van der Waals surface area (Å²) < 4.78 is 5.58. The lowest BCUT2D eigenvalue weighted by Gasteiger charge is -2.32. The molecular weight excluding hydrogens is 464 g/mol. The highest BCUT2D eigenvalue weighted by Gasteiger charge is 2.39. The first-order valence-corrected chi connectivity index (χ1v) is 12.2. The van der Waals surface area contributed by atoms with Crippen LogP contribution < -0.4 is 5.56 Å². The number of nitrogens with zero attached hydrogens (tertiary/aromatic N) is 2. The molecule has 0 spiro atoms. The quantitative estimate of drug-likeness (QED) is 0.495. The maximum atomic E-state index is 13.7. The van der Waals surface area contributed by atoms with E-state index in [9.17, 15) is 24.3 Å². The van der Waals surface area contributed by atoms with E-state index < -0.39 is 17.1 Å². The van der Waals surface area contributed by atoms with Gasteiger partial charge in [0, 0.05) is 47.2 Å². The van der Waals surface area contributed by atoms with Gasteiger partial charge in [0.25, 0.3) is 11.5 Å². The number of carbonyl (C=O) groups is 3. The summed E-state index contributed by atoms with van der Waals surface area (Å²) in [5.41, 5.74) is -0.0304. The van der Waals surface area contributed by atoms with Crippen LogP contribution in [-0.4, -0.2) is 73.6 Å². The van der Waals surface area contributed by atoms with Crippen LogP contribution in [-0.2, 0) is 4.74 Å². The molecule has 3 N–H and O–H groups in total. The maximum Gasteiger partial charge on any atom is 0.410 e. The van der Waals surface area contributed by atoms with E-state index in [0.29, 0.717) is 29.6 Å². The van der Waals surface area contributed by atoms with E-state index in [4.69, 9.17) is 4.74 Å². The van der Waals surface area contributed by atoms with Crippen LogP contribution in [0.3, 0.4) is 0 Å². The third kappa shape index (κ3) is 4.43. The number of hydrogen-bond donors (Lipinski definition) is 3. The SMILES string of the molecule is CC(C)(C)OC(=O)N1CCCC1CN(C(=O)c1ccc2[nH]c(=O)c3[nH]cc(C(=O)O)c3c2c1)C1CC1. The van der Waals surface area contributed by atoms with Crippen LogP contribution in [0.4, 0.5) is 4.79 Å². The van der Waals surface area contributed by atoms with Gasteiger partial charge in [-0.1, -0.05) is 0 Å². The van der Waals surface area contributed by atoms with Crippen LogP contribution in [0.1, 0.15) is 67.2 Å². The summed E-state index contributed by atoms with van der Waals surface area (Å²) >= 11 is 0. The van der Waals surface area contributed by atoms with E-state index in [2.05, 4.69) is 9.97 Å². The Morgan fingerprint density at radius 1 is 1.19 bits per heavy atom. The van der Waals surface area contributed by atoms with Crippen molar-refractivity contribution in [3.8, 4) is 0 Å². The average molecular weight is 495 g/mol. The number of pyridine rings is 1. The van der Waals surface area contributed by atoms with Crippen molar-refractivity contribution in [1.29, 1.82) is 0 Å². The molecule has 0 radical (unpaired) electrons. The number of fused-ring (bicyclic) bond motifs is 3. The molecule has 1 aliphatic carbocycles. The molecule has 2 amide bonds. The molecule has 3 aromatic rings. The summed E-state index contributed by atoms with van der Waals surface area (Å²) in [5.74, 6) is -1.34. The lowest BCUT2D eigenvalue weighted by Crippen LogP contribution is -2.47. The number of carbonyl (C=O) groups excluding carboxylic acids is 2. The molecule has 1 saturated carbocycles. The fraction of sp³-hybridized carbons (Fsp3) is 0.462. The second-order valence-corrected chi connectivity index (χ2v) is 10.6. The lowest BCUT2D eigenvalue weighted by molar-refractivity contribution is 0.0188. The van der Waals surface area contributed by atoms with Gasteiger partial charge in [-0.25, -0.2) is 9.59 Å². The van der Waals surface area contributed by atoms with Gasteiger partial charge in [0.1, 0.15) is 11.1 Å². The van der Waals surface area contributed by atoms with Crippen molar-refractivity contribution >= 4 is 39.8 Å². The van der Waals surface area contributed by atoms with Crippen LogP contribution in [0.25, 0.3) is 21.8 Å². The number of nitrogens with one attached hydrogen (secondary N) is 2. The minimum atomic E-state index is -1.16. The molecule has 10 heteroatoms. The molecule has 2 aliphatic rings. The highest BCUT2D eigenvalue weighted by atomic mass is 16.6. The lowest BCUT2D eigenvalue weighted by atomic mass is 10.0. The van der Waals surface area contributed by atoms with E-state index in [1.54, 1.807) is 23.1 Å². The second kappa shape index (κ2) is 8.69. The number of amides is 2. The fourth-order valence-corrected chi connectivity index (χ4v) is 4.99. The first kappa shape index (κ1) is 23.9. The van der Waals surface area contributed by atoms with Gasteiger partial charge in [-0.2, -0.15) is 0 Å². The van der Waals surface area contributed by atoms with Crippen LogP contribution in [0.15, 0.2) is 29.2 Å². The Hall–Kier alpha value is -3.82. The Morgan fingerprint density at radius 2 is 1.94 bits per heavy atom. The molecule has 2 aromatic heterocycles. The van der Waals surface area contributed by atoms with Gasteiger partial charge in [-0.05, 0) is 64.7 Å². The Bertz CT molecular complexity index is 1430. The molecule has 190 valence electrons. The first-order chi connectivity index (χ1) is 17.0. The van der Waals surface area contributed by atoms with E-state index in [0.717, 1.165) is 25.7 Å². The number of carboxylic acids is 1. The number of aromatic carboxylic acids is 1. The number of likely N-dealkylation sites (tertiary alicyclic amines) is 1. The highest BCUT2D eigenvalue weighted by molar-refractivity contribution is 6.15. The summed E-state index contributed by atoms with van der Waals surface area (Å²) in [6.45, 7) is 6.51. The molecule has 1 aromatic carbocycles. The molecule has 3 heterocycles. The van der Waals surface area contributed by atoms with Crippen molar-refractivity contribution in [1.82, 2.24) is 19.8 Å². The standard InChI is InChI=1S/C26H30N4O6/c1-26(2,3)36-25(35)29-10-4-5-16(29)13-30(15-7-8-15)23(32)14-6-9-19-17(11-14)20-18(24(33)34)12-27-21(20)22(31)28-19/h6,9,11-12,15-16,27H,4-5,7-8,10,13H2,1-3H3,(H,28,31)(H,33,34). The molecule has 10 nitrogen and oxygen atoms in total. The summed E-state index contributed by atoms with van der Waals surface area (Å²) in [4.78, 5) is 59.7. The van der Waals surface area contributed by atoms with Crippen LogP contribution >= 0.6 is 0 Å². The predicted molar refractivity (Wildman–Crippen MR) is 133 cm³/mol. The van der Waals surface area contributed by atoms with Gasteiger partial charge >= 0.3 is 12.1 Å². The Morgan fingerprint density at radius 3 is 2.61 bits per heavy atom. The minimum Gasteiger partial charge on any atom is -0.478 e. The van der Waals surface area contributed by atoms with E-state index >= 15 is 0 Å². The second-order valence-electron chi connectivity index (χ2n) is 10.6. The Labute approximate surface area is 207 Å². The predicted octanol–water partition coefficient (Wildman–Crippen LogP) is 3.71. The van der Waals surface area contributed by atoms with E-state index in [1.165, 1.54) is 6.20 Å². The van der Waals surface area contributed by atoms with Gasteiger partial charge in [0.15, 0.2) is 0 Å². The third-order valence-corrected chi connectivity index (χ3v) is 6.78. The molecule has 1 aliphatic heterocycles. The molecule has 1 unspecified atom stereocenters. The fourth-order valence-electron chi connectivity index (χ4n) is 4.99. The third-order valence-electron chi connectivity index (χ3n) is 6.78. The van der Waals surface area contributed by atoms with Gasteiger partial charge < -0.3 is 29.6 Å².